The van der Waals surface area contributed by atoms with Crippen LogP contribution in [0.3, 0.4) is 0 Å². The molecule has 1 heterocycles. The van der Waals surface area contributed by atoms with Gasteiger partial charge in [-0.15, -0.1) is 0 Å². The van der Waals surface area contributed by atoms with Crippen molar-refractivity contribution >= 4 is 41.3 Å². The van der Waals surface area contributed by atoms with Crippen LogP contribution < -0.4 is 27.0 Å². The average molecular weight is 530 g/mol. The van der Waals surface area contributed by atoms with Gasteiger partial charge >= 0.3 is 0 Å². The zero-order valence-corrected chi connectivity index (χ0v) is 20.8. The van der Waals surface area contributed by atoms with E-state index in [-0.39, 0.29) is 30.5 Å². The second-order valence-electron chi connectivity index (χ2n) is 8.34. The predicted molar refractivity (Wildman–Crippen MR) is 140 cm³/mol. The van der Waals surface area contributed by atoms with Crippen LogP contribution in [0.25, 0.3) is 0 Å². The average Bonchev–Trinajstić information content (AvgIpc) is 3.33. The van der Waals surface area contributed by atoms with Crippen LogP contribution in [0.15, 0.2) is 59.5 Å². The van der Waals surface area contributed by atoms with Gasteiger partial charge in [0.2, 0.25) is 11.8 Å². The second-order valence-corrected chi connectivity index (χ2v) is 9.46. The van der Waals surface area contributed by atoms with E-state index in [0.717, 1.165) is 11.3 Å². The first-order valence-corrected chi connectivity index (χ1v) is 12.4. The van der Waals surface area contributed by atoms with Gasteiger partial charge < -0.3 is 37.2 Å². The van der Waals surface area contributed by atoms with Crippen LogP contribution in [0.4, 0.5) is 5.69 Å². The molecule has 2 aromatic rings. The maximum absolute atomic E-state index is 12.9. The van der Waals surface area contributed by atoms with Crippen molar-refractivity contribution in [1.29, 1.82) is 5.41 Å². The Labute approximate surface area is 218 Å². The maximum atomic E-state index is 12.9. The summed E-state index contributed by atoms with van der Waals surface area (Å²) in [6.07, 6.45) is -0.442. The molecule has 0 saturated carbocycles. The van der Waals surface area contributed by atoms with E-state index in [1.165, 1.54) is 24.1 Å². The number of nitrogens with one attached hydrogen (secondary N) is 5. The van der Waals surface area contributed by atoms with E-state index in [0.29, 0.717) is 18.7 Å². The van der Waals surface area contributed by atoms with Gasteiger partial charge in [0.1, 0.15) is 0 Å². The Morgan fingerprint density at radius 2 is 1.86 bits per heavy atom. The first-order chi connectivity index (χ1) is 17.7. The number of rotatable bonds is 11. The zero-order valence-electron chi connectivity index (χ0n) is 20.0. The molecule has 37 heavy (non-hydrogen) atoms. The van der Waals surface area contributed by atoms with Crippen molar-refractivity contribution in [2.24, 2.45) is 5.73 Å². The summed E-state index contributed by atoms with van der Waals surface area (Å²) in [4.78, 5) is 38.5. The number of benzene rings is 2. The van der Waals surface area contributed by atoms with Crippen molar-refractivity contribution in [2.75, 3.05) is 25.0 Å². The summed E-state index contributed by atoms with van der Waals surface area (Å²) < 4.78 is 1.96. The molecule has 9 N–H and O–H groups in total. The molecule has 0 unspecified atom stereocenters. The highest BCUT2D eigenvalue weighted by molar-refractivity contribution is 7.97. The molecule has 1 fully saturated rings. The number of nitrogens with zero attached hydrogens (tertiary/aromatic N) is 1. The monoisotopic (exact) mass is 529 g/mol. The molecule has 3 rings (SSSR count). The maximum Gasteiger partial charge on any atom is 0.251 e. The fourth-order valence-corrected chi connectivity index (χ4v) is 4.78. The van der Waals surface area contributed by atoms with Gasteiger partial charge in [-0.25, -0.2) is 4.31 Å². The highest BCUT2D eigenvalue weighted by Crippen LogP contribution is 2.31. The lowest BCUT2D eigenvalue weighted by Gasteiger charge is -2.26. The molecule has 3 amide bonds. The standard InChI is InChI=1S/C24H31N7O5S/c25-24(26)29-16-7-4-6-15(12-16)21(33)28-14-20(32)27-13-18(23(35)36)30-22(34)19-10-5-11-31(19)37-17-8-2-1-3-9-17/h1-4,6-9,12,18-19,23,35-36H,5,10-11,13-14H2,(H,27,32)(H,28,33)(H,30,34)(H4,25,26,29)/t18-,19-/m0/s1. The molecule has 0 aromatic heterocycles. The summed E-state index contributed by atoms with van der Waals surface area (Å²) >= 11 is 1.47. The molecule has 0 aliphatic carbocycles. The minimum atomic E-state index is -1.90. The van der Waals surface area contributed by atoms with E-state index in [1.54, 1.807) is 12.1 Å². The summed E-state index contributed by atoms with van der Waals surface area (Å²) in [6.45, 7) is 0.109. The van der Waals surface area contributed by atoms with E-state index in [9.17, 15) is 24.6 Å². The molecular formula is C24H31N7O5S. The van der Waals surface area contributed by atoms with Gasteiger partial charge in [0.05, 0.1) is 18.6 Å². The Morgan fingerprint density at radius 1 is 1.11 bits per heavy atom. The molecule has 2 aromatic carbocycles. The Kier molecular flexibility index (Phi) is 10.3. The SMILES string of the molecule is N=C(N)Nc1cccc(C(=O)NCC(=O)NC[C@H](NC(=O)[C@@H]2CCCN2Sc2ccccc2)C(O)O)c1. The zero-order chi connectivity index (χ0) is 26.8. The number of hydrogen-bond donors (Lipinski definition) is 8. The predicted octanol–water partition coefficient (Wildman–Crippen LogP) is -0.195. The largest absolute Gasteiger partial charge is 0.370 e. The smallest absolute Gasteiger partial charge is 0.251 e. The van der Waals surface area contributed by atoms with Gasteiger partial charge in [-0.1, -0.05) is 24.3 Å². The van der Waals surface area contributed by atoms with Crippen molar-refractivity contribution in [3.05, 3.63) is 60.2 Å². The van der Waals surface area contributed by atoms with Crippen LogP contribution >= 0.6 is 11.9 Å². The number of hydrogen-bond acceptors (Lipinski definition) is 8. The van der Waals surface area contributed by atoms with Crippen LogP contribution in [0.5, 0.6) is 0 Å². The van der Waals surface area contributed by atoms with Gasteiger partial charge in [0.25, 0.3) is 5.91 Å². The van der Waals surface area contributed by atoms with Crippen molar-refractivity contribution in [3.8, 4) is 0 Å². The third kappa shape index (κ3) is 8.75. The van der Waals surface area contributed by atoms with Crippen LogP contribution in [0.1, 0.15) is 23.2 Å². The molecule has 1 saturated heterocycles. The molecule has 0 bridgehead atoms. The number of guanidine groups is 1. The first-order valence-electron chi connectivity index (χ1n) is 11.6. The molecule has 12 nitrogen and oxygen atoms in total. The van der Waals surface area contributed by atoms with Crippen molar-refractivity contribution in [1.82, 2.24) is 20.3 Å². The van der Waals surface area contributed by atoms with E-state index in [4.69, 9.17) is 11.1 Å². The Balaban J connectivity index is 1.47. The fraction of sp³-hybridized carbons (Fsp3) is 0.333. The number of aliphatic hydroxyl groups is 2. The normalized spacial score (nSPS) is 16.1. The number of aliphatic hydroxyl groups excluding tert-OH is 1. The molecule has 1 aliphatic heterocycles. The number of carbonyl (C=O) groups is 3. The lowest BCUT2D eigenvalue weighted by Crippen LogP contribution is -2.54. The molecular weight excluding hydrogens is 498 g/mol. The van der Waals surface area contributed by atoms with E-state index in [2.05, 4.69) is 21.3 Å². The molecule has 0 radical (unpaired) electrons. The molecule has 0 spiro atoms. The lowest BCUT2D eigenvalue weighted by atomic mass is 10.2. The number of anilines is 1. The molecule has 13 heteroatoms. The van der Waals surface area contributed by atoms with Gasteiger partial charge in [0, 0.05) is 29.2 Å². The van der Waals surface area contributed by atoms with Crippen molar-refractivity contribution in [2.45, 2.75) is 36.1 Å². The highest BCUT2D eigenvalue weighted by atomic mass is 32.2. The van der Waals surface area contributed by atoms with Crippen LogP contribution in [-0.4, -0.2) is 76.2 Å². The fourth-order valence-electron chi connectivity index (χ4n) is 3.68. The van der Waals surface area contributed by atoms with Gasteiger partial charge in [0.15, 0.2) is 12.2 Å². The molecule has 2 atom stereocenters. The first kappa shape index (κ1) is 27.9. The van der Waals surface area contributed by atoms with E-state index >= 15 is 0 Å². The second kappa shape index (κ2) is 13.6. The summed E-state index contributed by atoms with van der Waals surface area (Å²) in [6, 6.07) is 14.3. The summed E-state index contributed by atoms with van der Waals surface area (Å²) in [7, 11) is 0. The Hall–Kier alpha value is -3.65. The third-order valence-corrected chi connectivity index (χ3v) is 6.65. The van der Waals surface area contributed by atoms with E-state index in [1.807, 2.05) is 34.6 Å². The minimum absolute atomic E-state index is 0.241. The quantitative estimate of drug-likeness (QED) is 0.0842. The number of nitrogens with two attached hydrogens (primary N) is 1. The topological polar surface area (TPSA) is 193 Å². The van der Waals surface area contributed by atoms with Crippen LogP contribution in [-0.2, 0) is 9.59 Å². The Bertz CT molecular complexity index is 1100. The van der Waals surface area contributed by atoms with Gasteiger partial charge in [-0.2, -0.15) is 0 Å². The van der Waals surface area contributed by atoms with Crippen LogP contribution in [0.2, 0.25) is 0 Å². The van der Waals surface area contributed by atoms with Crippen molar-refractivity contribution in [3.63, 3.8) is 0 Å². The van der Waals surface area contributed by atoms with Gasteiger partial charge in [-0.05, 0) is 55.1 Å². The third-order valence-electron chi connectivity index (χ3n) is 5.49. The van der Waals surface area contributed by atoms with Crippen molar-refractivity contribution < 1.29 is 24.6 Å². The lowest BCUT2D eigenvalue weighted by molar-refractivity contribution is -0.130. The van der Waals surface area contributed by atoms with E-state index < -0.39 is 30.2 Å². The highest BCUT2D eigenvalue weighted by Gasteiger charge is 2.33. The molecule has 1 aliphatic rings. The minimum Gasteiger partial charge on any atom is -0.370 e. The number of amides is 3. The summed E-state index contributed by atoms with van der Waals surface area (Å²) in [5, 5.41) is 36.9. The van der Waals surface area contributed by atoms with Crippen LogP contribution in [0, 0.1) is 5.41 Å². The van der Waals surface area contributed by atoms with Gasteiger partial charge in [-0.3, -0.25) is 19.8 Å². The Morgan fingerprint density at radius 3 is 2.57 bits per heavy atom. The number of carbonyl (C=O) groups excluding carboxylic acids is 3. The summed E-state index contributed by atoms with van der Waals surface area (Å²) in [5.74, 6) is -1.74. The molecule has 198 valence electrons. The summed E-state index contributed by atoms with van der Waals surface area (Å²) in [5.41, 5.74) is 5.99.